The molecule has 0 spiro atoms. The largest absolute Gasteiger partial charge is 0.508 e. The van der Waals surface area contributed by atoms with Crippen LogP contribution in [-0.2, 0) is 0 Å². The fourth-order valence-corrected chi connectivity index (χ4v) is 6.68. The third-order valence-corrected chi connectivity index (χ3v) is 9.64. The zero-order valence-corrected chi connectivity index (χ0v) is 30.7. The Morgan fingerprint density at radius 1 is 0.250 bits per heavy atom. The lowest BCUT2D eigenvalue weighted by atomic mass is 10.0. The third-order valence-electron chi connectivity index (χ3n) is 9.64. The Balaban J connectivity index is 1.02. The minimum absolute atomic E-state index is 0.264. The van der Waals surface area contributed by atoms with Crippen molar-refractivity contribution in [3.63, 3.8) is 0 Å². The van der Waals surface area contributed by atoms with Crippen LogP contribution in [0.4, 0.5) is 34.1 Å². The van der Waals surface area contributed by atoms with Crippen LogP contribution in [0.3, 0.4) is 0 Å². The van der Waals surface area contributed by atoms with Crippen molar-refractivity contribution in [3.8, 4) is 22.6 Å². The van der Waals surface area contributed by atoms with Gasteiger partial charge in [-0.2, -0.15) is 0 Å². The van der Waals surface area contributed by atoms with Gasteiger partial charge in [0.2, 0.25) is 0 Å². The Labute approximate surface area is 328 Å². The number of nitrogens with zero attached hydrogens (tertiary/aromatic N) is 2. The number of benzene rings is 8. The molecule has 56 heavy (non-hydrogen) atoms. The molecular weight excluding hydrogens is 685 g/mol. The molecule has 2 N–H and O–H groups in total. The van der Waals surface area contributed by atoms with Crippen molar-refractivity contribution in [2.75, 3.05) is 9.80 Å². The fraction of sp³-hybridized carbons (Fsp3) is 0. The zero-order chi connectivity index (χ0) is 38.1. The molecule has 8 aromatic rings. The van der Waals surface area contributed by atoms with Crippen LogP contribution in [0, 0.1) is 0 Å². The van der Waals surface area contributed by atoms with Gasteiger partial charge < -0.3 is 20.0 Å². The van der Waals surface area contributed by atoms with E-state index in [9.17, 15) is 10.2 Å². The van der Waals surface area contributed by atoms with E-state index in [0.29, 0.717) is 0 Å². The number of phenolic OH excluding ortho intramolecular Hbond substituents is 2. The first-order valence-electron chi connectivity index (χ1n) is 18.6. The summed E-state index contributed by atoms with van der Waals surface area (Å²) in [5, 5.41) is 19.2. The number of hydrogen-bond donors (Lipinski definition) is 2. The van der Waals surface area contributed by atoms with Crippen LogP contribution in [-0.4, -0.2) is 10.2 Å². The standard InChI is InChI=1S/C52H40N2O2/c55-51-35-19-41(20-36-51)13-11-39-15-27-47(28-16-39)53(45-7-3-1-4-8-45)49-31-23-43(24-32-49)44-25-33-50(34-26-44)54(46-9-5-2-6-10-46)48-29-17-40(18-30-48)12-14-42-21-37-52(56)38-22-42/h1-38,55-56H/b13-11+,14-12+. The van der Waals surface area contributed by atoms with Gasteiger partial charge >= 0.3 is 0 Å². The molecule has 8 rings (SSSR count). The van der Waals surface area contributed by atoms with Crippen LogP contribution >= 0.6 is 0 Å². The molecule has 270 valence electrons. The van der Waals surface area contributed by atoms with Crippen LogP contribution in [0.1, 0.15) is 22.3 Å². The van der Waals surface area contributed by atoms with Crippen LogP contribution in [0.25, 0.3) is 35.4 Å². The monoisotopic (exact) mass is 724 g/mol. The molecule has 0 bridgehead atoms. The summed E-state index contributed by atoms with van der Waals surface area (Å²) in [5.74, 6) is 0.528. The number of para-hydroxylation sites is 2. The fourth-order valence-electron chi connectivity index (χ4n) is 6.68. The minimum Gasteiger partial charge on any atom is -0.508 e. The molecule has 0 fully saturated rings. The summed E-state index contributed by atoms with van der Waals surface area (Å²) in [4.78, 5) is 4.54. The van der Waals surface area contributed by atoms with E-state index in [4.69, 9.17) is 0 Å². The molecule has 0 aromatic heterocycles. The molecule has 8 aromatic carbocycles. The van der Waals surface area contributed by atoms with Crippen molar-refractivity contribution in [1.82, 2.24) is 0 Å². The van der Waals surface area contributed by atoms with Gasteiger partial charge in [0, 0.05) is 34.1 Å². The molecule has 0 aliphatic rings. The van der Waals surface area contributed by atoms with Gasteiger partial charge in [0.25, 0.3) is 0 Å². The highest BCUT2D eigenvalue weighted by atomic mass is 16.3. The van der Waals surface area contributed by atoms with Gasteiger partial charge in [-0.05, 0) is 130 Å². The molecule has 0 amide bonds. The molecule has 0 aliphatic carbocycles. The zero-order valence-electron chi connectivity index (χ0n) is 30.7. The van der Waals surface area contributed by atoms with Crippen LogP contribution in [0.2, 0.25) is 0 Å². The Morgan fingerprint density at radius 2 is 0.482 bits per heavy atom. The van der Waals surface area contributed by atoms with Crippen molar-refractivity contribution in [1.29, 1.82) is 0 Å². The summed E-state index contributed by atoms with van der Waals surface area (Å²) in [7, 11) is 0. The highest BCUT2D eigenvalue weighted by molar-refractivity contribution is 5.82. The smallest absolute Gasteiger partial charge is 0.115 e. The van der Waals surface area contributed by atoms with Gasteiger partial charge in [0.05, 0.1) is 0 Å². The average molecular weight is 725 g/mol. The normalized spacial score (nSPS) is 11.2. The van der Waals surface area contributed by atoms with Gasteiger partial charge in [0.1, 0.15) is 11.5 Å². The molecule has 0 atom stereocenters. The van der Waals surface area contributed by atoms with E-state index in [0.717, 1.165) is 67.5 Å². The first kappa shape index (κ1) is 35.5. The van der Waals surface area contributed by atoms with E-state index in [1.165, 1.54) is 0 Å². The second kappa shape index (κ2) is 16.6. The quantitative estimate of drug-likeness (QED) is 0.130. The molecule has 0 saturated carbocycles. The molecule has 0 radical (unpaired) electrons. The van der Waals surface area contributed by atoms with Crippen molar-refractivity contribution in [2.24, 2.45) is 0 Å². The van der Waals surface area contributed by atoms with Gasteiger partial charge in [-0.25, -0.2) is 0 Å². The summed E-state index contributed by atoms with van der Waals surface area (Å²) < 4.78 is 0. The van der Waals surface area contributed by atoms with Gasteiger partial charge in [-0.3, -0.25) is 0 Å². The lowest BCUT2D eigenvalue weighted by molar-refractivity contribution is 0.474. The number of phenols is 2. The van der Waals surface area contributed by atoms with E-state index in [-0.39, 0.29) is 11.5 Å². The lowest BCUT2D eigenvalue weighted by Gasteiger charge is -2.26. The van der Waals surface area contributed by atoms with Crippen LogP contribution in [0.15, 0.2) is 206 Å². The topological polar surface area (TPSA) is 46.9 Å². The maximum atomic E-state index is 9.60. The summed E-state index contributed by atoms with van der Waals surface area (Å²) >= 11 is 0. The second-order valence-electron chi connectivity index (χ2n) is 13.5. The number of rotatable bonds is 11. The van der Waals surface area contributed by atoms with Gasteiger partial charge in [0.15, 0.2) is 0 Å². The number of hydrogen-bond acceptors (Lipinski definition) is 4. The molecular formula is C52H40N2O2. The molecule has 4 nitrogen and oxygen atoms in total. The highest BCUT2D eigenvalue weighted by Gasteiger charge is 2.14. The molecule has 0 unspecified atom stereocenters. The second-order valence-corrected chi connectivity index (χ2v) is 13.5. The van der Waals surface area contributed by atoms with Crippen molar-refractivity contribution < 1.29 is 10.2 Å². The highest BCUT2D eigenvalue weighted by Crippen LogP contribution is 2.38. The van der Waals surface area contributed by atoms with Crippen LogP contribution < -0.4 is 9.80 Å². The summed E-state index contributed by atoms with van der Waals surface area (Å²) in [6, 6.07) is 69.9. The number of anilines is 6. The van der Waals surface area contributed by atoms with Crippen molar-refractivity contribution >= 4 is 58.4 Å². The Bertz CT molecular complexity index is 2340. The molecule has 0 saturated heterocycles. The predicted molar refractivity (Wildman–Crippen MR) is 235 cm³/mol. The van der Waals surface area contributed by atoms with Gasteiger partial charge in [-0.15, -0.1) is 0 Å². The predicted octanol–water partition coefficient (Wildman–Crippen LogP) is 14.0. The first-order chi connectivity index (χ1) is 27.6. The number of aromatic hydroxyl groups is 2. The SMILES string of the molecule is Oc1ccc(/C=C/c2ccc(N(c3ccccc3)c3ccc(-c4ccc(N(c5ccccc5)c5ccc(/C=C/c6ccc(O)cc6)cc5)cc4)cc3)cc2)cc1. The van der Waals surface area contributed by atoms with Crippen molar-refractivity contribution in [3.05, 3.63) is 229 Å². The van der Waals surface area contributed by atoms with Crippen molar-refractivity contribution in [2.45, 2.75) is 0 Å². The maximum absolute atomic E-state index is 9.60. The minimum atomic E-state index is 0.264. The van der Waals surface area contributed by atoms with E-state index in [1.807, 2.05) is 48.6 Å². The van der Waals surface area contributed by atoms with E-state index >= 15 is 0 Å². The molecule has 4 heteroatoms. The summed E-state index contributed by atoms with van der Waals surface area (Å²) in [6.07, 6.45) is 8.26. The lowest BCUT2D eigenvalue weighted by Crippen LogP contribution is -2.10. The Morgan fingerprint density at radius 3 is 0.768 bits per heavy atom. The average Bonchev–Trinajstić information content (AvgIpc) is 3.26. The van der Waals surface area contributed by atoms with E-state index in [2.05, 4.69) is 168 Å². The van der Waals surface area contributed by atoms with E-state index in [1.54, 1.807) is 24.3 Å². The third kappa shape index (κ3) is 8.46. The first-order valence-corrected chi connectivity index (χ1v) is 18.6. The summed E-state index contributed by atoms with van der Waals surface area (Å²) in [5.41, 5.74) is 13.0. The van der Waals surface area contributed by atoms with Crippen LogP contribution in [0.5, 0.6) is 11.5 Å². The van der Waals surface area contributed by atoms with E-state index < -0.39 is 0 Å². The molecule has 0 heterocycles. The maximum Gasteiger partial charge on any atom is 0.115 e. The van der Waals surface area contributed by atoms with Gasteiger partial charge in [-0.1, -0.05) is 133 Å². The Hall–Kier alpha value is -7.56. The summed E-state index contributed by atoms with van der Waals surface area (Å²) in [6.45, 7) is 0. The molecule has 0 aliphatic heterocycles. The Kier molecular flexibility index (Phi) is 10.5.